The van der Waals surface area contributed by atoms with E-state index in [-0.39, 0.29) is 22.4 Å². The van der Waals surface area contributed by atoms with Crippen LogP contribution >= 0.6 is 39.8 Å². The number of methoxy groups -OCH3 is 1. The molecule has 8 heterocycles. The van der Waals surface area contributed by atoms with E-state index in [0.29, 0.717) is 72.3 Å². The first-order chi connectivity index (χ1) is 45.1. The van der Waals surface area contributed by atoms with Gasteiger partial charge in [-0.05, 0) is 111 Å². The molecule has 14 N–H and O–H groups in total. The van der Waals surface area contributed by atoms with Crippen LogP contribution in [-0.4, -0.2) is 302 Å². The van der Waals surface area contributed by atoms with E-state index in [1.54, 1.807) is 45.2 Å². The van der Waals surface area contributed by atoms with Crippen LogP contribution in [0, 0.1) is 4.77 Å². The molecule has 0 bridgehead atoms. The standard InChI is InChI=1S/C16H28N3O5P.C15H26N3O5P.C15H26N3O4PS.C15H25N3O4PSe/c1-17-8-10-9-19(16(22)18-14(10)21)15-13(23-2)12(20)11(24-15)6-7-25(3,4)5;1-16-7-9-8-18(15(22)17-13(9)21)14-12(20)11(19)10(23-14)5-6-24(2,3)4;2*1-16-7-9-8-18(15(24)17-13(9)21)14-12(20)11(19)10(22-14)5-6-23(2,3)4/h9,11-13,15,17,20H,3,6-8H2,1-2,4-5H3,(H,18,21,22);8,10-12,14,16,19-20H,2,5-7H2,1,3-4H3,(H,17,21,22);8,10-12,14,16,19-20H,2,5-7H2,1,3-4H3,(H,17,21,24);8,10-12,14,16,19-20H,2,5-7H2,1,3-4H3/t11-,12-,13-,15?;3*10-,11-,12-,14?/m1111/s1. The predicted molar refractivity (Wildman–Crippen MR) is 393 cm³/mol. The van der Waals surface area contributed by atoms with Gasteiger partial charge in [-0.2, -0.15) is 0 Å². The van der Waals surface area contributed by atoms with Crippen LogP contribution in [0.4, 0.5) is 0 Å². The van der Waals surface area contributed by atoms with E-state index in [1.807, 2.05) is 0 Å². The molecule has 30 nitrogen and oxygen atoms in total. The number of nitrogens with one attached hydrogen (secondary N) is 7. The van der Waals surface area contributed by atoms with E-state index in [1.165, 1.54) is 28.6 Å². The third-order valence-electron chi connectivity index (χ3n) is 16.4. The molecule has 4 fully saturated rings. The maximum atomic E-state index is 12.2. The van der Waals surface area contributed by atoms with E-state index in [0.717, 1.165) is 29.2 Å². The van der Waals surface area contributed by atoms with Crippen molar-refractivity contribution in [3.8, 4) is 0 Å². The number of hydrogen-bond donors (Lipinski definition) is 14. The summed E-state index contributed by atoms with van der Waals surface area (Å²) in [7, 11) is 8.33. The number of ether oxygens (including phenoxy) is 5. The summed E-state index contributed by atoms with van der Waals surface area (Å²) in [5, 5.41) is 83.9. The molecule has 4 unspecified atom stereocenters. The summed E-state index contributed by atoms with van der Waals surface area (Å²) in [5.41, 5.74) is -1.11. The number of aromatic nitrogens is 8. The van der Waals surface area contributed by atoms with Crippen molar-refractivity contribution in [3.05, 3.63) is 114 Å². The number of nitrogens with zero attached hydrogens (tertiary/aromatic N) is 5. The number of aliphatic hydroxyl groups excluding tert-OH is 7. The molecule has 16 atom stereocenters. The second-order valence-electron chi connectivity index (χ2n) is 27.5. The predicted octanol–water partition coefficient (Wildman–Crippen LogP) is -2.58. The van der Waals surface area contributed by atoms with Crippen molar-refractivity contribution < 1.29 is 59.4 Å². The Hall–Kier alpha value is -3.58. The third kappa shape index (κ3) is 23.7. The normalized spacial score (nSPS) is 27.4. The van der Waals surface area contributed by atoms with Gasteiger partial charge in [0, 0.05) is 62.0 Å². The fraction of sp³-hybridized carbons (Fsp3) is 0.672. The Morgan fingerprint density at radius 2 is 0.763 bits per heavy atom. The van der Waals surface area contributed by atoms with Crippen molar-refractivity contribution in [2.24, 2.45) is 0 Å². The van der Waals surface area contributed by atoms with Gasteiger partial charge in [-0.25, -0.2) is 9.59 Å². The van der Waals surface area contributed by atoms with Crippen LogP contribution in [0.5, 0.6) is 0 Å². The number of H-pyrrole nitrogens is 3. The fourth-order valence-corrected chi connectivity index (χ4v) is 15.6. The van der Waals surface area contributed by atoms with Crippen molar-refractivity contribution >= 4 is 85.7 Å². The van der Waals surface area contributed by atoms with Crippen LogP contribution in [0.25, 0.3) is 0 Å². The maximum absolute atomic E-state index is 12.2. The molecule has 36 heteroatoms. The Kier molecular flexibility index (Phi) is 31.7. The first kappa shape index (κ1) is 84.1. The second-order valence-corrected chi connectivity index (χ2v) is 46.0. The number of rotatable bonds is 25. The van der Waals surface area contributed by atoms with Gasteiger partial charge in [0.1, 0.15) is 36.6 Å². The summed E-state index contributed by atoms with van der Waals surface area (Å²) in [4.78, 5) is 82.7. The molecule has 0 spiro atoms. The van der Waals surface area contributed by atoms with Gasteiger partial charge in [0.05, 0.1) is 18.3 Å². The van der Waals surface area contributed by atoms with Crippen molar-refractivity contribution in [1.82, 2.24) is 59.5 Å². The summed E-state index contributed by atoms with van der Waals surface area (Å²) < 4.78 is 34.8. The van der Waals surface area contributed by atoms with Crippen LogP contribution in [0.2, 0.25) is 0 Å². The molecule has 549 valence electrons. The Labute approximate surface area is 579 Å². The quantitative estimate of drug-likeness (QED) is 0.0184. The number of hydrogen-bond acceptors (Lipinski definition) is 24. The first-order valence-electron chi connectivity index (χ1n) is 31.6. The van der Waals surface area contributed by atoms with Gasteiger partial charge in [-0.1, -0.05) is 0 Å². The molecule has 0 amide bonds. The van der Waals surface area contributed by atoms with Gasteiger partial charge in [0.25, 0.3) is 16.7 Å². The zero-order valence-electron chi connectivity index (χ0n) is 57.8. The topological polar surface area (TPSA) is 418 Å². The molecule has 0 aliphatic carbocycles. The van der Waals surface area contributed by atoms with Crippen LogP contribution in [0.1, 0.15) is 72.8 Å². The minimum atomic E-state index is -1.29. The van der Waals surface area contributed by atoms with E-state index >= 15 is 0 Å². The summed E-state index contributed by atoms with van der Waals surface area (Å²) in [6.07, 6.45) is 15.0. The molecule has 97 heavy (non-hydrogen) atoms. The van der Waals surface area contributed by atoms with Crippen molar-refractivity contribution in [2.75, 3.05) is 113 Å². The van der Waals surface area contributed by atoms with Crippen LogP contribution in [-0.2, 0) is 49.9 Å². The van der Waals surface area contributed by atoms with Crippen LogP contribution in [0.3, 0.4) is 0 Å². The van der Waals surface area contributed by atoms with Gasteiger partial charge in [-0.15, -0.1) is 39.6 Å². The Balaban J connectivity index is 0.000000234. The summed E-state index contributed by atoms with van der Waals surface area (Å²) in [6.45, 7) is 13.2. The summed E-state index contributed by atoms with van der Waals surface area (Å²) in [6, 6.07) is 0. The third-order valence-corrected chi connectivity index (χ3v) is 23.2. The molecule has 0 aromatic carbocycles. The average molecular weight is 1530 g/mol. The summed E-state index contributed by atoms with van der Waals surface area (Å²) in [5.74, 6) is 0. The Morgan fingerprint density at radius 3 is 1.11 bits per heavy atom. The number of aliphatic hydroxyl groups is 7. The fourth-order valence-electron chi connectivity index (χ4n) is 11.0. The van der Waals surface area contributed by atoms with Crippen molar-refractivity contribution in [1.29, 1.82) is 0 Å². The van der Waals surface area contributed by atoms with E-state index in [4.69, 9.17) is 35.9 Å². The number of aromatic amines is 3. The first-order valence-corrected chi connectivity index (χ1v) is 45.1. The minimum absolute atomic E-state index is 0.154. The Bertz CT molecular complexity index is 3790. The van der Waals surface area contributed by atoms with Gasteiger partial charge < -0.3 is 60.4 Å². The molecule has 4 aliphatic rings. The van der Waals surface area contributed by atoms with Gasteiger partial charge in [0.2, 0.25) is 0 Å². The van der Waals surface area contributed by atoms with Gasteiger partial charge >= 0.3 is 161 Å². The zero-order chi connectivity index (χ0) is 73.0. The molecule has 1 radical (unpaired) electrons. The van der Waals surface area contributed by atoms with E-state index in [9.17, 15) is 64.5 Å². The second kappa shape index (κ2) is 36.5. The monoisotopic (exact) mass is 1530 g/mol. The summed E-state index contributed by atoms with van der Waals surface area (Å²) >= 11 is 7.90. The van der Waals surface area contributed by atoms with Crippen molar-refractivity contribution in [3.63, 3.8) is 0 Å². The van der Waals surface area contributed by atoms with Gasteiger partial charge in [0.15, 0.2) is 23.5 Å². The molecule has 0 saturated carbocycles. The molecule has 8 rings (SSSR count). The van der Waals surface area contributed by atoms with Gasteiger partial charge in [-0.3, -0.25) is 43.0 Å². The SMILES string of the molecule is C=P(C)(C)CC[C@H]1OC(n2cc(CNC)c(=O)[nH]c2=O)[C@H](O)[C@@H]1O.C=P(C)(C)CC[C@H]1OC(n2cc(CNC)c(=O)[nH]c2=O)[C@H](OC)[C@@H]1O.C=P(C)(C)CC[C@H]1OC(n2cc(CNC)c(=O)[nH]c2=S)[C@H](O)[C@@H]1O.C=P(C)(C)CC[C@H]1OC(n2cc(CNC)c(=O)nc2[Se])[C@H](O)[C@@H]1O. The molecule has 4 aromatic rings. The van der Waals surface area contributed by atoms with E-state index < -0.39 is 148 Å². The molecular formula is C61H105N12O18P4SSe. The average Bonchev–Trinajstić information content (AvgIpc) is 1.69. The zero-order valence-corrected chi connectivity index (χ0v) is 63.9. The van der Waals surface area contributed by atoms with Crippen LogP contribution in [0.15, 0.2) is 53.6 Å². The molecule has 4 aromatic heterocycles. The van der Waals surface area contributed by atoms with E-state index in [2.05, 4.69) is 136 Å². The van der Waals surface area contributed by atoms with Crippen LogP contribution < -0.4 is 59.6 Å². The molecule has 4 saturated heterocycles. The van der Waals surface area contributed by atoms with Crippen molar-refractivity contribution in [2.45, 2.75) is 150 Å². The molecular weight excluding hydrogens is 1420 g/mol. The Morgan fingerprint density at radius 1 is 0.474 bits per heavy atom. The molecule has 4 aliphatic heterocycles.